The highest BCUT2D eigenvalue weighted by Crippen LogP contribution is 2.26. The van der Waals surface area contributed by atoms with E-state index < -0.39 is 0 Å². The van der Waals surface area contributed by atoms with Crippen molar-refractivity contribution in [2.75, 3.05) is 18.4 Å². The van der Waals surface area contributed by atoms with Crippen LogP contribution in [0.15, 0.2) is 24.3 Å². The summed E-state index contributed by atoms with van der Waals surface area (Å²) in [4.78, 5) is 24.0. The molecule has 0 radical (unpaired) electrons. The topological polar surface area (TPSA) is 67.4 Å². The van der Waals surface area contributed by atoms with Crippen LogP contribution in [0.5, 0.6) is 0 Å². The predicted molar refractivity (Wildman–Crippen MR) is 81.2 cm³/mol. The van der Waals surface area contributed by atoms with Crippen molar-refractivity contribution >= 4 is 17.6 Å². The van der Waals surface area contributed by atoms with Gasteiger partial charge < -0.3 is 15.4 Å². The number of esters is 1. The lowest BCUT2D eigenvalue weighted by molar-refractivity contribution is -0.123. The highest BCUT2D eigenvalue weighted by Gasteiger charge is 2.36. The van der Waals surface area contributed by atoms with Crippen molar-refractivity contribution in [3.8, 4) is 0 Å². The molecule has 1 amide bonds. The summed E-state index contributed by atoms with van der Waals surface area (Å²) >= 11 is 0. The Bertz CT molecular complexity index is 517. The Morgan fingerprint density at radius 3 is 2.48 bits per heavy atom. The van der Waals surface area contributed by atoms with Gasteiger partial charge >= 0.3 is 5.97 Å². The second kappa shape index (κ2) is 6.26. The highest BCUT2D eigenvalue weighted by molar-refractivity contribution is 5.96. The molecule has 1 aromatic rings. The zero-order chi connectivity index (χ0) is 15.5. The summed E-state index contributed by atoms with van der Waals surface area (Å²) in [6.45, 7) is 7.13. The zero-order valence-corrected chi connectivity index (χ0v) is 12.7. The normalized spacial score (nSPS) is 21.3. The molecule has 1 aromatic carbocycles. The first-order valence-electron chi connectivity index (χ1n) is 7.24. The molecule has 1 aliphatic heterocycles. The molecule has 1 heterocycles. The lowest BCUT2D eigenvalue weighted by atomic mass is 9.89. The first-order chi connectivity index (χ1) is 9.90. The summed E-state index contributed by atoms with van der Waals surface area (Å²) in [6.07, 6.45) is 0.684. The number of amides is 1. The standard InChI is InChI=1S/C16H22N2O3/c1-11(2)21-14(19)12-4-6-13(7-5-12)18-15(20)16(3)8-9-17-10-16/h4-7,11,17H,8-10H2,1-3H3,(H,18,20). The van der Waals surface area contributed by atoms with E-state index in [1.165, 1.54) is 0 Å². The van der Waals surface area contributed by atoms with Crippen molar-refractivity contribution in [3.63, 3.8) is 0 Å². The number of carbonyl (C=O) groups is 2. The largest absolute Gasteiger partial charge is 0.459 e. The van der Waals surface area contributed by atoms with Crippen molar-refractivity contribution in [1.82, 2.24) is 5.32 Å². The van der Waals surface area contributed by atoms with E-state index in [0.717, 1.165) is 13.0 Å². The fourth-order valence-electron chi connectivity index (χ4n) is 2.26. The molecule has 0 aliphatic carbocycles. The lowest BCUT2D eigenvalue weighted by Crippen LogP contribution is -2.35. The average Bonchev–Trinajstić information content (AvgIpc) is 2.87. The van der Waals surface area contributed by atoms with E-state index in [1.807, 2.05) is 20.8 Å². The van der Waals surface area contributed by atoms with Gasteiger partial charge in [0.25, 0.3) is 0 Å². The van der Waals surface area contributed by atoms with Crippen LogP contribution in [0.4, 0.5) is 5.69 Å². The van der Waals surface area contributed by atoms with Crippen LogP contribution in [-0.2, 0) is 9.53 Å². The summed E-state index contributed by atoms with van der Waals surface area (Å²) in [5.41, 5.74) is 0.805. The van der Waals surface area contributed by atoms with Gasteiger partial charge in [0, 0.05) is 12.2 Å². The van der Waals surface area contributed by atoms with E-state index in [-0.39, 0.29) is 23.4 Å². The third-order valence-electron chi connectivity index (χ3n) is 3.64. The number of rotatable bonds is 4. The van der Waals surface area contributed by atoms with Crippen LogP contribution in [0, 0.1) is 5.41 Å². The third kappa shape index (κ3) is 3.82. The van der Waals surface area contributed by atoms with E-state index in [2.05, 4.69) is 10.6 Å². The predicted octanol–water partition coefficient (Wildman–Crippen LogP) is 2.19. The minimum absolute atomic E-state index is 0.00464. The average molecular weight is 290 g/mol. The van der Waals surface area contributed by atoms with Crippen molar-refractivity contribution in [2.24, 2.45) is 5.41 Å². The second-order valence-corrected chi connectivity index (χ2v) is 5.97. The van der Waals surface area contributed by atoms with Gasteiger partial charge in [0.15, 0.2) is 0 Å². The molecule has 0 saturated carbocycles. The van der Waals surface area contributed by atoms with Crippen LogP contribution in [0.3, 0.4) is 0 Å². The van der Waals surface area contributed by atoms with Crippen LogP contribution >= 0.6 is 0 Å². The van der Waals surface area contributed by atoms with E-state index in [9.17, 15) is 9.59 Å². The van der Waals surface area contributed by atoms with Crippen LogP contribution in [0.1, 0.15) is 37.6 Å². The summed E-state index contributed by atoms with van der Waals surface area (Å²) in [7, 11) is 0. The molecule has 0 aromatic heterocycles. The highest BCUT2D eigenvalue weighted by atomic mass is 16.5. The Balaban J connectivity index is 1.99. The quantitative estimate of drug-likeness (QED) is 0.834. The molecule has 2 rings (SSSR count). The van der Waals surface area contributed by atoms with Crippen molar-refractivity contribution in [3.05, 3.63) is 29.8 Å². The first kappa shape index (κ1) is 15.5. The van der Waals surface area contributed by atoms with Crippen molar-refractivity contribution in [1.29, 1.82) is 0 Å². The number of anilines is 1. The maximum Gasteiger partial charge on any atom is 0.338 e. The first-order valence-corrected chi connectivity index (χ1v) is 7.24. The monoisotopic (exact) mass is 290 g/mol. The summed E-state index contributed by atoms with van der Waals surface area (Å²) in [5, 5.41) is 6.10. The Hall–Kier alpha value is -1.88. The SMILES string of the molecule is CC(C)OC(=O)c1ccc(NC(=O)C2(C)CCNC2)cc1. The summed E-state index contributed by atoms with van der Waals surface area (Å²) in [5.74, 6) is -0.347. The van der Waals surface area contributed by atoms with E-state index in [1.54, 1.807) is 24.3 Å². The molecule has 1 saturated heterocycles. The van der Waals surface area contributed by atoms with Crippen LogP contribution in [0.2, 0.25) is 0 Å². The van der Waals surface area contributed by atoms with Gasteiger partial charge in [-0.15, -0.1) is 0 Å². The van der Waals surface area contributed by atoms with Gasteiger partial charge in [0.2, 0.25) is 5.91 Å². The molecular weight excluding hydrogens is 268 g/mol. The van der Waals surface area contributed by atoms with Gasteiger partial charge in [0.1, 0.15) is 0 Å². The lowest BCUT2D eigenvalue weighted by Gasteiger charge is -2.21. The zero-order valence-electron chi connectivity index (χ0n) is 12.7. The molecule has 1 unspecified atom stereocenters. The molecule has 0 bridgehead atoms. The number of carbonyl (C=O) groups excluding carboxylic acids is 2. The number of nitrogens with one attached hydrogen (secondary N) is 2. The van der Waals surface area contributed by atoms with Gasteiger partial charge in [-0.2, -0.15) is 0 Å². The van der Waals surface area contributed by atoms with Gasteiger partial charge in [-0.25, -0.2) is 4.79 Å². The third-order valence-corrected chi connectivity index (χ3v) is 3.64. The molecule has 1 aliphatic rings. The van der Waals surface area contributed by atoms with Crippen LogP contribution in [0.25, 0.3) is 0 Å². The Kier molecular flexibility index (Phi) is 4.63. The number of hydrogen-bond donors (Lipinski definition) is 2. The Morgan fingerprint density at radius 1 is 1.29 bits per heavy atom. The Morgan fingerprint density at radius 2 is 1.95 bits per heavy atom. The molecule has 114 valence electrons. The number of ether oxygens (including phenoxy) is 1. The smallest absolute Gasteiger partial charge is 0.338 e. The van der Waals surface area contributed by atoms with E-state index in [0.29, 0.717) is 17.8 Å². The molecule has 5 heteroatoms. The molecule has 2 N–H and O–H groups in total. The molecule has 0 spiro atoms. The van der Waals surface area contributed by atoms with Crippen molar-refractivity contribution < 1.29 is 14.3 Å². The fourth-order valence-corrected chi connectivity index (χ4v) is 2.26. The fraction of sp³-hybridized carbons (Fsp3) is 0.500. The maximum atomic E-state index is 12.3. The van der Waals surface area contributed by atoms with Gasteiger partial charge in [-0.05, 0) is 58.0 Å². The summed E-state index contributed by atoms with van der Waals surface area (Å²) in [6, 6.07) is 6.77. The number of benzene rings is 1. The number of hydrogen-bond acceptors (Lipinski definition) is 4. The Labute approximate surface area is 125 Å². The van der Waals surface area contributed by atoms with Crippen LogP contribution < -0.4 is 10.6 Å². The molecule has 1 fully saturated rings. The molecule has 5 nitrogen and oxygen atoms in total. The summed E-state index contributed by atoms with van der Waals surface area (Å²) < 4.78 is 5.12. The minimum atomic E-state index is -0.366. The molecule has 1 atom stereocenters. The van der Waals surface area contributed by atoms with E-state index >= 15 is 0 Å². The second-order valence-electron chi connectivity index (χ2n) is 5.97. The molecular formula is C16H22N2O3. The minimum Gasteiger partial charge on any atom is -0.459 e. The van der Waals surface area contributed by atoms with Crippen molar-refractivity contribution in [2.45, 2.75) is 33.3 Å². The van der Waals surface area contributed by atoms with Gasteiger partial charge in [-0.1, -0.05) is 0 Å². The van der Waals surface area contributed by atoms with Gasteiger partial charge in [-0.3, -0.25) is 4.79 Å². The van der Waals surface area contributed by atoms with Gasteiger partial charge in [0.05, 0.1) is 17.1 Å². The van der Waals surface area contributed by atoms with Crippen LogP contribution in [-0.4, -0.2) is 31.1 Å². The molecule has 21 heavy (non-hydrogen) atoms. The van der Waals surface area contributed by atoms with E-state index in [4.69, 9.17) is 4.74 Å². The maximum absolute atomic E-state index is 12.3.